The number of anilines is 3. The van der Waals surface area contributed by atoms with Gasteiger partial charge in [0.05, 0.1) is 18.1 Å². The zero-order chi connectivity index (χ0) is 24.0. The topological polar surface area (TPSA) is 158 Å². The zero-order valence-corrected chi connectivity index (χ0v) is 19.0. The fourth-order valence-electron chi connectivity index (χ4n) is 3.09. The average molecular weight is 454 g/mol. The lowest BCUT2D eigenvalue weighted by atomic mass is 9.97. The number of rotatable bonds is 7. The Kier molecular flexibility index (Phi) is 7.22. The number of nitriles is 1. The summed E-state index contributed by atoms with van der Waals surface area (Å²) >= 11 is 0. The number of ether oxygens (including phenoxy) is 1. The van der Waals surface area contributed by atoms with Crippen LogP contribution in [0.15, 0.2) is 18.5 Å². The molecule has 0 bridgehead atoms. The van der Waals surface area contributed by atoms with Gasteiger partial charge < -0.3 is 25.6 Å². The fourth-order valence-corrected chi connectivity index (χ4v) is 3.09. The van der Waals surface area contributed by atoms with Crippen LogP contribution in [-0.4, -0.2) is 69.3 Å². The highest BCUT2D eigenvalue weighted by molar-refractivity contribution is 5.97. The second-order valence-corrected chi connectivity index (χ2v) is 8.56. The Balaban J connectivity index is 1.58. The fraction of sp³-hybridized carbons (Fsp3) is 0.476. The Morgan fingerprint density at radius 1 is 1.21 bits per heavy atom. The predicted octanol–water partition coefficient (Wildman–Crippen LogP) is 1.91. The first-order valence-corrected chi connectivity index (χ1v) is 10.5. The molecular formula is C21H27N9O3. The van der Waals surface area contributed by atoms with Crippen molar-refractivity contribution in [1.29, 1.82) is 5.26 Å². The molecule has 1 saturated heterocycles. The van der Waals surface area contributed by atoms with Crippen LogP contribution in [0.5, 0.6) is 0 Å². The summed E-state index contributed by atoms with van der Waals surface area (Å²) in [5.74, 6) is 0.729. The average Bonchev–Trinajstić information content (AvgIpc) is 2.74. The van der Waals surface area contributed by atoms with E-state index in [0.717, 1.165) is 6.42 Å². The number of nitrogens with zero attached hydrogens (tertiary/aromatic N) is 6. The maximum atomic E-state index is 12.2. The standard InChI is InChI=1S/C21H27N9O3/c1-21(2,3)33-20(32)30-11-13(12-30)5-6-24-15-7-16(28-29-18(15)19(31)23-4)27-17-10-25-14(8-22)9-26-17/h7,9-10,13H,5-6,11-12H2,1-4H3,(H,23,31)(H2,24,26,27,28). The van der Waals surface area contributed by atoms with Gasteiger partial charge in [-0.15, -0.1) is 10.2 Å². The van der Waals surface area contributed by atoms with Crippen molar-refractivity contribution in [2.45, 2.75) is 32.8 Å². The third-order valence-corrected chi connectivity index (χ3v) is 4.74. The third-order valence-electron chi connectivity index (χ3n) is 4.74. The van der Waals surface area contributed by atoms with Gasteiger partial charge in [0, 0.05) is 32.7 Å². The maximum Gasteiger partial charge on any atom is 0.410 e. The molecule has 12 heteroatoms. The van der Waals surface area contributed by atoms with E-state index in [2.05, 4.69) is 36.1 Å². The molecule has 0 radical (unpaired) electrons. The SMILES string of the molecule is CNC(=O)c1nnc(Nc2cnc(C#N)cn2)cc1NCCC1CN(C(=O)OC(C)(C)C)C1. The third kappa shape index (κ3) is 6.49. The molecule has 2 aromatic rings. The minimum Gasteiger partial charge on any atom is -0.444 e. The van der Waals surface area contributed by atoms with Crippen molar-refractivity contribution < 1.29 is 14.3 Å². The summed E-state index contributed by atoms with van der Waals surface area (Å²) in [6.07, 6.45) is 3.26. The van der Waals surface area contributed by atoms with E-state index >= 15 is 0 Å². The summed E-state index contributed by atoms with van der Waals surface area (Å²) in [7, 11) is 1.52. The summed E-state index contributed by atoms with van der Waals surface area (Å²) < 4.78 is 5.37. The molecule has 12 nitrogen and oxygen atoms in total. The van der Waals surface area contributed by atoms with Gasteiger partial charge in [0.15, 0.2) is 17.2 Å². The Labute approximate surface area is 191 Å². The first-order chi connectivity index (χ1) is 15.7. The Morgan fingerprint density at radius 3 is 2.58 bits per heavy atom. The number of amides is 2. The van der Waals surface area contributed by atoms with E-state index in [0.29, 0.717) is 42.9 Å². The van der Waals surface area contributed by atoms with Gasteiger partial charge in [0.25, 0.3) is 5.91 Å². The quantitative estimate of drug-likeness (QED) is 0.565. The first-order valence-electron chi connectivity index (χ1n) is 10.5. The van der Waals surface area contributed by atoms with Crippen LogP contribution in [0.2, 0.25) is 0 Å². The van der Waals surface area contributed by atoms with Gasteiger partial charge in [-0.05, 0) is 33.1 Å². The van der Waals surface area contributed by atoms with E-state index in [1.807, 2.05) is 26.8 Å². The van der Waals surface area contributed by atoms with E-state index < -0.39 is 5.60 Å². The number of likely N-dealkylation sites (tertiary alicyclic amines) is 1. The summed E-state index contributed by atoms with van der Waals surface area (Å²) in [4.78, 5) is 34.0. The Morgan fingerprint density at radius 2 is 1.97 bits per heavy atom. The summed E-state index contributed by atoms with van der Waals surface area (Å²) in [5, 5.41) is 25.6. The number of hydrogen-bond acceptors (Lipinski definition) is 10. The lowest BCUT2D eigenvalue weighted by Crippen LogP contribution is -2.51. The number of nitrogens with one attached hydrogen (secondary N) is 3. The number of carbonyl (C=O) groups is 2. The van der Waals surface area contributed by atoms with Crippen LogP contribution in [0.3, 0.4) is 0 Å². The largest absolute Gasteiger partial charge is 0.444 e. The molecule has 0 spiro atoms. The van der Waals surface area contributed by atoms with Crippen molar-refractivity contribution in [3.63, 3.8) is 0 Å². The molecule has 1 aliphatic heterocycles. The van der Waals surface area contributed by atoms with Gasteiger partial charge in [-0.3, -0.25) is 4.79 Å². The van der Waals surface area contributed by atoms with Crippen molar-refractivity contribution in [2.75, 3.05) is 37.3 Å². The van der Waals surface area contributed by atoms with Crippen LogP contribution in [0.4, 0.5) is 22.1 Å². The van der Waals surface area contributed by atoms with Crippen LogP contribution in [0.25, 0.3) is 0 Å². The lowest BCUT2D eigenvalue weighted by Gasteiger charge is -2.39. The second kappa shape index (κ2) is 10.1. The van der Waals surface area contributed by atoms with Gasteiger partial charge in [0.2, 0.25) is 0 Å². The maximum absolute atomic E-state index is 12.2. The van der Waals surface area contributed by atoms with Gasteiger partial charge in [-0.25, -0.2) is 14.8 Å². The summed E-state index contributed by atoms with van der Waals surface area (Å²) in [5.41, 5.74) is 0.364. The summed E-state index contributed by atoms with van der Waals surface area (Å²) in [6, 6.07) is 3.56. The molecule has 33 heavy (non-hydrogen) atoms. The van der Waals surface area contributed by atoms with Crippen LogP contribution < -0.4 is 16.0 Å². The second-order valence-electron chi connectivity index (χ2n) is 8.56. The highest BCUT2D eigenvalue weighted by Crippen LogP contribution is 2.23. The molecular weight excluding hydrogens is 426 g/mol. The van der Waals surface area contributed by atoms with Crippen molar-refractivity contribution in [1.82, 2.24) is 30.4 Å². The molecule has 2 aromatic heterocycles. The van der Waals surface area contributed by atoms with Crippen LogP contribution >= 0.6 is 0 Å². The van der Waals surface area contributed by atoms with Gasteiger partial charge >= 0.3 is 6.09 Å². The monoisotopic (exact) mass is 453 g/mol. The molecule has 3 N–H and O–H groups in total. The molecule has 1 fully saturated rings. The van der Waals surface area contributed by atoms with Crippen LogP contribution in [0.1, 0.15) is 43.4 Å². The van der Waals surface area contributed by atoms with Crippen LogP contribution in [0, 0.1) is 17.2 Å². The first kappa shape index (κ1) is 23.6. The Bertz CT molecular complexity index is 1040. The highest BCUT2D eigenvalue weighted by Gasteiger charge is 2.33. The van der Waals surface area contributed by atoms with Crippen LogP contribution in [-0.2, 0) is 4.74 Å². The van der Waals surface area contributed by atoms with Gasteiger partial charge in [-0.1, -0.05) is 0 Å². The zero-order valence-electron chi connectivity index (χ0n) is 19.0. The van der Waals surface area contributed by atoms with E-state index in [-0.39, 0.29) is 23.4 Å². The molecule has 3 heterocycles. The minimum atomic E-state index is -0.511. The molecule has 2 amide bonds. The summed E-state index contributed by atoms with van der Waals surface area (Å²) in [6.45, 7) is 7.38. The molecule has 3 rings (SSSR count). The smallest absolute Gasteiger partial charge is 0.410 e. The molecule has 0 aliphatic carbocycles. The lowest BCUT2D eigenvalue weighted by molar-refractivity contribution is -0.00161. The van der Waals surface area contributed by atoms with E-state index in [1.54, 1.807) is 11.0 Å². The van der Waals surface area contributed by atoms with Crippen molar-refractivity contribution in [3.8, 4) is 6.07 Å². The molecule has 0 saturated carbocycles. The predicted molar refractivity (Wildman–Crippen MR) is 120 cm³/mol. The molecule has 0 aromatic carbocycles. The molecule has 174 valence electrons. The number of hydrogen-bond donors (Lipinski definition) is 3. The van der Waals surface area contributed by atoms with E-state index in [1.165, 1.54) is 19.4 Å². The van der Waals surface area contributed by atoms with Crippen molar-refractivity contribution in [3.05, 3.63) is 29.8 Å². The molecule has 1 aliphatic rings. The van der Waals surface area contributed by atoms with Crippen molar-refractivity contribution in [2.24, 2.45) is 5.92 Å². The highest BCUT2D eigenvalue weighted by atomic mass is 16.6. The molecule has 0 atom stereocenters. The van der Waals surface area contributed by atoms with Crippen molar-refractivity contribution >= 4 is 29.3 Å². The number of carbonyl (C=O) groups excluding carboxylic acids is 2. The van der Waals surface area contributed by atoms with E-state index in [4.69, 9.17) is 10.00 Å². The van der Waals surface area contributed by atoms with Gasteiger partial charge in [0.1, 0.15) is 17.5 Å². The number of aromatic nitrogens is 4. The van der Waals surface area contributed by atoms with Gasteiger partial charge in [-0.2, -0.15) is 5.26 Å². The Hall–Kier alpha value is -4.01. The van der Waals surface area contributed by atoms with E-state index in [9.17, 15) is 9.59 Å². The minimum absolute atomic E-state index is 0.165. The molecule has 0 unspecified atom stereocenters. The normalized spacial score (nSPS) is 13.5.